The predicted molar refractivity (Wildman–Crippen MR) is 71.7 cm³/mol. The molecule has 0 atom stereocenters. The number of aryl methyl sites for hydroxylation is 2. The van der Waals surface area contributed by atoms with Crippen molar-refractivity contribution in [3.05, 3.63) is 64.7 Å². The lowest BCUT2D eigenvalue weighted by Crippen LogP contribution is -2.25. The second-order valence-electron chi connectivity index (χ2n) is 4.21. The highest BCUT2D eigenvalue weighted by Gasteiger charge is 2.04. The first-order chi connectivity index (χ1) is 9.34. The van der Waals surface area contributed by atoms with E-state index in [0.29, 0.717) is 23.9 Å². The number of pyridine rings is 1. The molecule has 0 radical (unpaired) electrons. The van der Waals surface area contributed by atoms with Gasteiger partial charge in [-0.15, -0.1) is 5.10 Å². The molecule has 94 valence electrons. The Morgan fingerprint density at radius 1 is 1.05 bits per heavy atom. The molecule has 0 unspecified atom stereocenters. The van der Waals surface area contributed by atoms with Crippen LogP contribution in [-0.2, 0) is 13.0 Å². The van der Waals surface area contributed by atoms with Crippen molar-refractivity contribution in [1.29, 1.82) is 0 Å². The number of benzene rings is 1. The molecule has 0 fully saturated rings. The Balaban J connectivity index is 1.90. The van der Waals surface area contributed by atoms with E-state index in [9.17, 15) is 4.79 Å². The van der Waals surface area contributed by atoms with Crippen molar-refractivity contribution in [2.75, 3.05) is 0 Å². The Hall–Kier alpha value is -2.56. The minimum Gasteiger partial charge on any atom is -0.267 e. The summed E-state index contributed by atoms with van der Waals surface area (Å²) in [7, 11) is 0. The minimum atomic E-state index is -0.110. The molecule has 3 aromatic rings. The highest BCUT2D eigenvalue weighted by molar-refractivity contribution is 5.76. The number of rotatable bonds is 3. The molecule has 5 heteroatoms. The minimum absolute atomic E-state index is 0.110. The Morgan fingerprint density at radius 3 is 2.74 bits per heavy atom. The molecule has 3 rings (SSSR count). The van der Waals surface area contributed by atoms with Crippen molar-refractivity contribution in [1.82, 2.24) is 20.0 Å². The van der Waals surface area contributed by atoms with Gasteiger partial charge in [0.05, 0.1) is 11.9 Å². The fourth-order valence-electron chi connectivity index (χ4n) is 1.94. The van der Waals surface area contributed by atoms with Gasteiger partial charge >= 0.3 is 0 Å². The summed E-state index contributed by atoms with van der Waals surface area (Å²) in [5, 5.41) is 8.59. The third kappa shape index (κ3) is 2.35. The largest absolute Gasteiger partial charge is 0.277 e. The van der Waals surface area contributed by atoms with E-state index >= 15 is 0 Å². The second-order valence-corrected chi connectivity index (χ2v) is 4.21. The lowest BCUT2D eigenvalue weighted by atomic mass is 10.2. The summed E-state index contributed by atoms with van der Waals surface area (Å²) in [5.41, 5.74) is 1.45. The molecule has 1 aromatic carbocycles. The van der Waals surface area contributed by atoms with Crippen LogP contribution in [0.3, 0.4) is 0 Å². The molecule has 5 nitrogen and oxygen atoms in total. The van der Waals surface area contributed by atoms with E-state index in [1.807, 2.05) is 30.3 Å². The van der Waals surface area contributed by atoms with Crippen LogP contribution in [0.4, 0.5) is 0 Å². The van der Waals surface area contributed by atoms with Crippen molar-refractivity contribution >= 4 is 10.9 Å². The van der Waals surface area contributed by atoms with Gasteiger partial charge in [-0.05, 0) is 24.3 Å². The van der Waals surface area contributed by atoms with Gasteiger partial charge in [-0.25, -0.2) is 4.68 Å². The average Bonchev–Trinajstić information content (AvgIpc) is 2.48. The van der Waals surface area contributed by atoms with E-state index in [-0.39, 0.29) is 5.56 Å². The molecule has 0 N–H and O–H groups in total. The highest BCUT2D eigenvalue weighted by Crippen LogP contribution is 2.03. The lowest BCUT2D eigenvalue weighted by molar-refractivity contribution is 0.546. The second kappa shape index (κ2) is 4.97. The van der Waals surface area contributed by atoms with Gasteiger partial charge in [0.15, 0.2) is 0 Å². The van der Waals surface area contributed by atoms with Crippen LogP contribution in [0.25, 0.3) is 10.9 Å². The van der Waals surface area contributed by atoms with Gasteiger partial charge in [0.25, 0.3) is 5.56 Å². The van der Waals surface area contributed by atoms with Gasteiger partial charge in [0.2, 0.25) is 0 Å². The van der Waals surface area contributed by atoms with Gasteiger partial charge in [0.1, 0.15) is 5.52 Å². The summed E-state index contributed by atoms with van der Waals surface area (Å²) in [4.78, 5) is 16.4. The summed E-state index contributed by atoms with van der Waals surface area (Å²) in [5.74, 6) is 0. The fraction of sp³-hybridized carbons (Fsp3) is 0.143. The first-order valence-electron chi connectivity index (χ1n) is 6.07. The summed E-state index contributed by atoms with van der Waals surface area (Å²) in [6.07, 6.45) is 2.40. The number of aromatic nitrogens is 4. The molecule has 0 bridgehead atoms. The maximum Gasteiger partial charge on any atom is 0.277 e. The molecule has 0 amide bonds. The van der Waals surface area contributed by atoms with Crippen LogP contribution < -0.4 is 5.56 Å². The number of hydrogen-bond donors (Lipinski definition) is 0. The summed E-state index contributed by atoms with van der Waals surface area (Å²) >= 11 is 0. The maximum atomic E-state index is 12.2. The standard InChI is InChI=1S/C14H12N4O/c19-14-12-6-1-2-7-13(12)16-17-18(14)10-8-11-5-3-4-9-15-11/h1-7,9H,8,10H2. The first kappa shape index (κ1) is 11.5. The highest BCUT2D eigenvalue weighted by atomic mass is 16.1. The molecule has 19 heavy (non-hydrogen) atoms. The van der Waals surface area contributed by atoms with Crippen LogP contribution in [0.2, 0.25) is 0 Å². The predicted octanol–water partition coefficient (Wildman–Crippen LogP) is 1.43. The van der Waals surface area contributed by atoms with E-state index < -0.39 is 0 Å². The van der Waals surface area contributed by atoms with Gasteiger partial charge in [-0.3, -0.25) is 9.78 Å². The van der Waals surface area contributed by atoms with Crippen LogP contribution in [0.1, 0.15) is 5.69 Å². The third-order valence-electron chi connectivity index (χ3n) is 2.94. The van der Waals surface area contributed by atoms with E-state index in [2.05, 4.69) is 15.3 Å². The number of hydrogen-bond acceptors (Lipinski definition) is 4. The molecule has 0 saturated heterocycles. The number of nitrogens with zero attached hydrogens (tertiary/aromatic N) is 4. The zero-order valence-corrected chi connectivity index (χ0v) is 10.2. The number of fused-ring (bicyclic) bond motifs is 1. The SMILES string of the molecule is O=c1c2ccccc2nnn1CCc1ccccn1. The van der Waals surface area contributed by atoms with Crippen LogP contribution in [0.15, 0.2) is 53.5 Å². The molecule has 0 aliphatic carbocycles. The van der Waals surface area contributed by atoms with E-state index in [1.165, 1.54) is 4.68 Å². The molecule has 0 saturated carbocycles. The van der Waals surface area contributed by atoms with Crippen LogP contribution >= 0.6 is 0 Å². The van der Waals surface area contributed by atoms with Crippen molar-refractivity contribution in [3.8, 4) is 0 Å². The van der Waals surface area contributed by atoms with Crippen LogP contribution in [0.5, 0.6) is 0 Å². The monoisotopic (exact) mass is 252 g/mol. The van der Waals surface area contributed by atoms with E-state index in [0.717, 1.165) is 5.69 Å². The molecule has 2 heterocycles. The Kier molecular flexibility index (Phi) is 3.02. The summed E-state index contributed by atoms with van der Waals surface area (Å²) in [6, 6.07) is 12.9. The fourth-order valence-corrected chi connectivity index (χ4v) is 1.94. The van der Waals surface area contributed by atoms with Gasteiger partial charge < -0.3 is 0 Å². The van der Waals surface area contributed by atoms with Crippen molar-refractivity contribution in [2.45, 2.75) is 13.0 Å². The first-order valence-corrected chi connectivity index (χ1v) is 6.07. The zero-order chi connectivity index (χ0) is 13.1. The maximum absolute atomic E-state index is 12.2. The summed E-state index contributed by atoms with van der Waals surface area (Å²) < 4.78 is 1.39. The van der Waals surface area contributed by atoms with Gasteiger partial charge in [-0.1, -0.05) is 23.4 Å². The Morgan fingerprint density at radius 2 is 1.89 bits per heavy atom. The van der Waals surface area contributed by atoms with Crippen molar-refractivity contribution < 1.29 is 0 Å². The topological polar surface area (TPSA) is 60.7 Å². The molecule has 0 aliphatic heterocycles. The van der Waals surface area contributed by atoms with E-state index in [1.54, 1.807) is 18.3 Å². The molecular weight excluding hydrogens is 240 g/mol. The van der Waals surface area contributed by atoms with Gasteiger partial charge in [0, 0.05) is 18.3 Å². The van der Waals surface area contributed by atoms with Gasteiger partial charge in [-0.2, -0.15) is 0 Å². The summed E-state index contributed by atoms with van der Waals surface area (Å²) in [6.45, 7) is 0.480. The normalized spacial score (nSPS) is 10.7. The molecular formula is C14H12N4O. The van der Waals surface area contributed by atoms with Crippen molar-refractivity contribution in [2.24, 2.45) is 0 Å². The van der Waals surface area contributed by atoms with Crippen LogP contribution in [-0.4, -0.2) is 20.0 Å². The van der Waals surface area contributed by atoms with Crippen molar-refractivity contribution in [3.63, 3.8) is 0 Å². The molecule has 0 aliphatic rings. The molecule has 0 spiro atoms. The molecule has 2 aromatic heterocycles. The smallest absolute Gasteiger partial charge is 0.267 e. The van der Waals surface area contributed by atoms with Crippen LogP contribution in [0, 0.1) is 0 Å². The average molecular weight is 252 g/mol. The third-order valence-corrected chi connectivity index (χ3v) is 2.94. The van der Waals surface area contributed by atoms with E-state index in [4.69, 9.17) is 0 Å². The Bertz CT molecular complexity index is 752. The Labute approximate surface area is 109 Å². The quantitative estimate of drug-likeness (QED) is 0.707. The zero-order valence-electron chi connectivity index (χ0n) is 10.2. The lowest BCUT2D eigenvalue weighted by Gasteiger charge is -2.04.